The lowest BCUT2D eigenvalue weighted by molar-refractivity contribution is 0.0543. The van der Waals surface area contributed by atoms with Crippen molar-refractivity contribution < 1.29 is 19.2 Å². The molecule has 0 aromatic carbocycles. The number of carbonyl (C=O) groups excluding carboxylic acids is 1. The summed E-state index contributed by atoms with van der Waals surface area (Å²) in [6, 6.07) is -0.508. The van der Waals surface area contributed by atoms with Gasteiger partial charge in [-0.15, -0.1) is 0 Å². The Morgan fingerprint density at radius 2 is 2.29 bits per heavy atom. The Hall–Kier alpha value is -1.63. The van der Waals surface area contributed by atoms with Crippen molar-refractivity contribution in [2.75, 3.05) is 11.5 Å². The van der Waals surface area contributed by atoms with Gasteiger partial charge in [0.15, 0.2) is 6.33 Å². The van der Waals surface area contributed by atoms with Gasteiger partial charge in [-0.3, -0.25) is 0 Å². The van der Waals surface area contributed by atoms with E-state index in [-0.39, 0.29) is 12.6 Å². The third-order valence-electron chi connectivity index (χ3n) is 1.85. The fourth-order valence-electron chi connectivity index (χ4n) is 1.11. The van der Waals surface area contributed by atoms with Crippen LogP contribution in [0.3, 0.4) is 0 Å². The van der Waals surface area contributed by atoms with Gasteiger partial charge in [-0.2, -0.15) is 4.98 Å². The van der Waals surface area contributed by atoms with E-state index in [4.69, 9.17) is 14.4 Å². The molecule has 7 heteroatoms. The molecule has 7 nitrogen and oxygen atoms in total. The van der Waals surface area contributed by atoms with Crippen molar-refractivity contribution in [1.29, 1.82) is 0 Å². The van der Waals surface area contributed by atoms with E-state index in [0.29, 0.717) is 0 Å². The summed E-state index contributed by atoms with van der Waals surface area (Å²) in [6.07, 6.45) is 0.542. The summed E-state index contributed by atoms with van der Waals surface area (Å²) in [6.45, 7) is 6.66. The van der Waals surface area contributed by atoms with E-state index in [1.165, 1.54) is 6.33 Å². The Kier molecular flexibility index (Phi) is 4.06. The van der Waals surface area contributed by atoms with Crippen LogP contribution in [0.15, 0.2) is 10.9 Å². The fraction of sp³-hybridized carbons (Fsp3) is 0.700. The molecule has 0 fully saturated rings. The molecule has 1 aromatic heterocycles. The minimum absolute atomic E-state index is 0.000741. The standard InChI is InChI=1S/C10H17N3O4/c1-7(5-14)13(8-11-6-12-17-8)9(15)16-10(2,3)4/h6-7,14H,5H2,1-4H3. The second-order valence-electron chi connectivity index (χ2n) is 4.61. The second kappa shape index (κ2) is 5.13. The summed E-state index contributed by atoms with van der Waals surface area (Å²) in [7, 11) is 0. The zero-order valence-electron chi connectivity index (χ0n) is 10.4. The number of nitrogens with zero attached hydrogens (tertiary/aromatic N) is 3. The number of aromatic nitrogens is 2. The molecular formula is C10H17N3O4. The summed E-state index contributed by atoms with van der Waals surface area (Å²) in [5.74, 6) is 0. The first-order valence-corrected chi connectivity index (χ1v) is 5.25. The smallest absolute Gasteiger partial charge is 0.418 e. The number of aliphatic hydroxyl groups is 1. The maximum Gasteiger partial charge on any atom is 0.418 e. The highest BCUT2D eigenvalue weighted by molar-refractivity contribution is 5.85. The van der Waals surface area contributed by atoms with Crippen LogP contribution in [0.4, 0.5) is 10.8 Å². The minimum Gasteiger partial charge on any atom is -0.443 e. The third kappa shape index (κ3) is 3.70. The highest BCUT2D eigenvalue weighted by Crippen LogP contribution is 2.17. The maximum absolute atomic E-state index is 11.9. The average molecular weight is 243 g/mol. The molecule has 1 N–H and O–H groups in total. The van der Waals surface area contributed by atoms with Crippen LogP contribution in [-0.4, -0.2) is 39.6 Å². The minimum atomic E-state index is -0.636. The van der Waals surface area contributed by atoms with Crippen LogP contribution in [0, 0.1) is 0 Å². The average Bonchev–Trinajstić information content (AvgIpc) is 2.68. The number of carbonyl (C=O) groups is 1. The second-order valence-corrected chi connectivity index (χ2v) is 4.61. The normalized spacial score (nSPS) is 13.2. The predicted octanol–water partition coefficient (Wildman–Crippen LogP) is 1.19. The predicted molar refractivity (Wildman–Crippen MR) is 59.6 cm³/mol. The van der Waals surface area contributed by atoms with Crippen molar-refractivity contribution in [1.82, 2.24) is 10.1 Å². The van der Waals surface area contributed by atoms with E-state index in [1.807, 2.05) is 0 Å². The van der Waals surface area contributed by atoms with Crippen LogP contribution < -0.4 is 4.90 Å². The van der Waals surface area contributed by atoms with Crippen LogP contribution >= 0.6 is 0 Å². The van der Waals surface area contributed by atoms with Crippen LogP contribution in [0.1, 0.15) is 27.7 Å². The molecule has 1 aromatic rings. The van der Waals surface area contributed by atoms with Crippen molar-refractivity contribution in [2.24, 2.45) is 0 Å². The van der Waals surface area contributed by atoms with E-state index in [2.05, 4.69) is 10.1 Å². The topological polar surface area (TPSA) is 88.7 Å². The Morgan fingerprint density at radius 3 is 2.71 bits per heavy atom. The van der Waals surface area contributed by atoms with E-state index in [1.54, 1.807) is 27.7 Å². The van der Waals surface area contributed by atoms with Gasteiger partial charge in [-0.05, 0) is 27.7 Å². The quantitative estimate of drug-likeness (QED) is 0.857. The first kappa shape index (κ1) is 13.4. The van der Waals surface area contributed by atoms with E-state index >= 15 is 0 Å². The zero-order chi connectivity index (χ0) is 13.1. The molecular weight excluding hydrogens is 226 g/mol. The molecule has 1 heterocycles. The van der Waals surface area contributed by atoms with E-state index in [0.717, 1.165) is 4.90 Å². The Balaban J connectivity index is 2.88. The lowest BCUT2D eigenvalue weighted by Gasteiger charge is -2.27. The summed E-state index contributed by atoms with van der Waals surface area (Å²) in [4.78, 5) is 16.8. The highest BCUT2D eigenvalue weighted by Gasteiger charge is 2.30. The van der Waals surface area contributed by atoms with Crippen molar-refractivity contribution >= 4 is 12.1 Å². The van der Waals surface area contributed by atoms with Crippen molar-refractivity contribution in [3.05, 3.63) is 6.33 Å². The number of aliphatic hydroxyl groups excluding tert-OH is 1. The Morgan fingerprint density at radius 1 is 1.65 bits per heavy atom. The molecule has 0 aliphatic carbocycles. The van der Waals surface area contributed by atoms with Crippen molar-refractivity contribution in [2.45, 2.75) is 39.3 Å². The van der Waals surface area contributed by atoms with Gasteiger partial charge in [0.1, 0.15) is 5.60 Å². The van der Waals surface area contributed by atoms with Gasteiger partial charge < -0.3 is 14.4 Å². The molecule has 0 aliphatic rings. The van der Waals surface area contributed by atoms with Crippen LogP contribution in [0.5, 0.6) is 0 Å². The van der Waals surface area contributed by atoms with Crippen LogP contribution in [0.25, 0.3) is 0 Å². The number of hydrogen-bond donors (Lipinski definition) is 1. The summed E-state index contributed by atoms with van der Waals surface area (Å²) in [5, 5.41) is 12.5. The largest absolute Gasteiger partial charge is 0.443 e. The zero-order valence-corrected chi connectivity index (χ0v) is 10.4. The number of anilines is 1. The first-order chi connectivity index (χ1) is 7.85. The molecule has 1 unspecified atom stereocenters. The highest BCUT2D eigenvalue weighted by atomic mass is 16.6. The van der Waals surface area contributed by atoms with E-state index in [9.17, 15) is 4.79 Å². The molecule has 1 atom stereocenters. The van der Waals surface area contributed by atoms with Crippen LogP contribution in [0.2, 0.25) is 0 Å². The number of ether oxygens (including phenoxy) is 1. The fourth-order valence-corrected chi connectivity index (χ4v) is 1.11. The summed E-state index contributed by atoms with van der Waals surface area (Å²) >= 11 is 0. The molecule has 0 spiro atoms. The molecule has 1 amide bonds. The summed E-state index contributed by atoms with van der Waals surface area (Å²) in [5.41, 5.74) is -0.634. The molecule has 96 valence electrons. The van der Waals surface area contributed by atoms with Gasteiger partial charge in [0.25, 0.3) is 0 Å². The van der Waals surface area contributed by atoms with Gasteiger partial charge in [-0.1, -0.05) is 5.16 Å². The molecule has 1 rings (SSSR count). The monoisotopic (exact) mass is 243 g/mol. The Bertz CT molecular complexity index is 358. The van der Waals surface area contributed by atoms with E-state index < -0.39 is 17.7 Å². The number of hydrogen-bond acceptors (Lipinski definition) is 6. The van der Waals surface area contributed by atoms with Crippen molar-refractivity contribution in [3.8, 4) is 0 Å². The molecule has 17 heavy (non-hydrogen) atoms. The van der Waals surface area contributed by atoms with Gasteiger partial charge in [0.05, 0.1) is 12.6 Å². The number of amides is 1. The maximum atomic E-state index is 11.9. The molecule has 0 saturated carbocycles. The SMILES string of the molecule is CC(CO)N(C(=O)OC(C)(C)C)c1ncno1. The van der Waals surface area contributed by atoms with Gasteiger partial charge in [0.2, 0.25) is 0 Å². The molecule has 0 bridgehead atoms. The Labute approximate surface area is 99.4 Å². The lowest BCUT2D eigenvalue weighted by Crippen LogP contribution is -2.44. The van der Waals surface area contributed by atoms with Crippen LogP contribution in [-0.2, 0) is 4.74 Å². The van der Waals surface area contributed by atoms with Gasteiger partial charge in [-0.25, -0.2) is 9.69 Å². The summed E-state index contributed by atoms with van der Waals surface area (Å²) < 4.78 is 10.0. The molecule has 0 aliphatic heterocycles. The first-order valence-electron chi connectivity index (χ1n) is 5.25. The molecule has 0 saturated heterocycles. The van der Waals surface area contributed by atoms with Gasteiger partial charge in [0, 0.05) is 0 Å². The number of rotatable bonds is 3. The third-order valence-corrected chi connectivity index (χ3v) is 1.85. The lowest BCUT2D eigenvalue weighted by atomic mass is 10.2. The molecule has 0 radical (unpaired) electrons. The van der Waals surface area contributed by atoms with Gasteiger partial charge >= 0.3 is 12.1 Å². The van der Waals surface area contributed by atoms with Crippen molar-refractivity contribution in [3.63, 3.8) is 0 Å².